The van der Waals surface area contributed by atoms with E-state index in [4.69, 9.17) is 19.9 Å². The predicted octanol–water partition coefficient (Wildman–Crippen LogP) is 3.81. The Morgan fingerprint density at radius 3 is 2.38 bits per heavy atom. The number of ether oxygens (including phenoxy) is 3. The third kappa shape index (κ3) is 3.47. The van der Waals surface area contributed by atoms with E-state index >= 15 is 0 Å². The molecule has 140 valence electrons. The van der Waals surface area contributed by atoms with Crippen LogP contribution in [0.15, 0.2) is 18.2 Å². The fourth-order valence-corrected chi connectivity index (χ4v) is 2.83. The van der Waals surface area contributed by atoms with Crippen molar-refractivity contribution in [1.82, 2.24) is 9.78 Å². The Kier molecular flexibility index (Phi) is 4.56. The van der Waals surface area contributed by atoms with Crippen LogP contribution in [-0.2, 0) is 4.74 Å². The Morgan fingerprint density at radius 2 is 1.85 bits per heavy atom. The third-order valence-corrected chi connectivity index (χ3v) is 4.15. The molecule has 26 heavy (non-hydrogen) atoms. The van der Waals surface area contributed by atoms with Crippen LogP contribution in [0.25, 0.3) is 11.3 Å². The lowest BCUT2D eigenvalue weighted by molar-refractivity contribution is 0.0510. The lowest BCUT2D eigenvalue weighted by atomic mass is 10.1. The second kappa shape index (κ2) is 6.55. The highest BCUT2D eigenvalue weighted by molar-refractivity contribution is 5.82. The van der Waals surface area contributed by atoms with E-state index in [0.29, 0.717) is 22.9 Å². The highest BCUT2D eigenvalue weighted by Gasteiger charge is 2.35. The number of carbonyl (C=O) groups excluding carboxylic acids is 1. The van der Waals surface area contributed by atoms with Crippen molar-refractivity contribution in [2.75, 3.05) is 20.0 Å². The van der Waals surface area contributed by atoms with Gasteiger partial charge in [-0.25, -0.2) is 4.79 Å². The maximum absolute atomic E-state index is 12.6. The van der Waals surface area contributed by atoms with Crippen molar-refractivity contribution in [3.63, 3.8) is 0 Å². The zero-order chi connectivity index (χ0) is 19.1. The number of nitrogens with two attached hydrogens (primary N) is 1. The molecule has 1 aromatic carbocycles. The van der Waals surface area contributed by atoms with Crippen molar-refractivity contribution in [1.29, 1.82) is 0 Å². The van der Waals surface area contributed by atoms with Crippen molar-refractivity contribution < 1.29 is 19.0 Å². The highest BCUT2D eigenvalue weighted by Crippen LogP contribution is 2.46. The van der Waals surface area contributed by atoms with Crippen LogP contribution < -0.4 is 15.2 Å². The predicted molar refractivity (Wildman–Crippen MR) is 98.8 cm³/mol. The Labute approximate surface area is 153 Å². The molecule has 1 fully saturated rings. The number of hydrogen-bond donors (Lipinski definition) is 1. The van der Waals surface area contributed by atoms with Gasteiger partial charge >= 0.3 is 6.09 Å². The molecule has 1 aromatic heterocycles. The van der Waals surface area contributed by atoms with Gasteiger partial charge < -0.3 is 19.9 Å². The summed E-state index contributed by atoms with van der Waals surface area (Å²) in [5.74, 6) is 1.43. The fourth-order valence-electron chi connectivity index (χ4n) is 2.83. The monoisotopic (exact) mass is 359 g/mol. The van der Waals surface area contributed by atoms with E-state index < -0.39 is 11.7 Å². The largest absolute Gasteiger partial charge is 0.493 e. The molecule has 0 unspecified atom stereocenters. The average molecular weight is 359 g/mol. The molecule has 0 amide bonds. The zero-order valence-electron chi connectivity index (χ0n) is 15.8. The quantitative estimate of drug-likeness (QED) is 0.893. The van der Waals surface area contributed by atoms with E-state index in [1.807, 2.05) is 26.8 Å². The Bertz CT molecular complexity index is 832. The Hall–Kier alpha value is -2.70. The smallest absolute Gasteiger partial charge is 0.435 e. The van der Waals surface area contributed by atoms with E-state index in [0.717, 1.165) is 24.1 Å². The molecule has 0 radical (unpaired) electrons. The first-order valence-corrected chi connectivity index (χ1v) is 8.59. The van der Waals surface area contributed by atoms with Gasteiger partial charge in [-0.1, -0.05) is 0 Å². The molecule has 2 N–H and O–H groups in total. The SMILES string of the molecule is COc1ccc(-c2nn(C(=O)OC(C)(C)C)c(C3CC3)c2N)cc1OC. The van der Waals surface area contributed by atoms with Gasteiger partial charge in [-0.15, -0.1) is 0 Å². The summed E-state index contributed by atoms with van der Waals surface area (Å²) in [6, 6.07) is 5.43. The Morgan fingerprint density at radius 1 is 1.19 bits per heavy atom. The third-order valence-electron chi connectivity index (χ3n) is 4.15. The van der Waals surface area contributed by atoms with Crippen LogP contribution >= 0.6 is 0 Å². The molecule has 1 aliphatic carbocycles. The van der Waals surface area contributed by atoms with Gasteiger partial charge in [0.15, 0.2) is 11.5 Å². The van der Waals surface area contributed by atoms with Crippen molar-refractivity contribution in [3.05, 3.63) is 23.9 Å². The maximum atomic E-state index is 12.6. The van der Waals surface area contributed by atoms with Gasteiger partial charge in [0.1, 0.15) is 11.3 Å². The summed E-state index contributed by atoms with van der Waals surface area (Å²) in [5.41, 5.74) is 8.29. The van der Waals surface area contributed by atoms with Crippen molar-refractivity contribution in [3.8, 4) is 22.8 Å². The summed E-state index contributed by atoms with van der Waals surface area (Å²) in [5, 5.41) is 4.48. The molecule has 0 saturated heterocycles. The Balaban J connectivity index is 2.06. The number of carbonyl (C=O) groups is 1. The molecular weight excluding hydrogens is 334 g/mol. The summed E-state index contributed by atoms with van der Waals surface area (Å²) in [4.78, 5) is 12.6. The average Bonchev–Trinajstić information content (AvgIpc) is 3.35. The number of rotatable bonds is 4. The molecule has 0 atom stereocenters. The van der Waals surface area contributed by atoms with E-state index in [-0.39, 0.29) is 5.92 Å². The minimum atomic E-state index is -0.609. The van der Waals surface area contributed by atoms with Crippen molar-refractivity contribution in [2.45, 2.75) is 45.1 Å². The van der Waals surface area contributed by atoms with Gasteiger partial charge in [-0.3, -0.25) is 0 Å². The molecule has 1 heterocycles. The summed E-state index contributed by atoms with van der Waals surface area (Å²) >= 11 is 0. The minimum absolute atomic E-state index is 0.240. The van der Waals surface area contributed by atoms with E-state index in [9.17, 15) is 4.79 Å². The summed E-state index contributed by atoms with van der Waals surface area (Å²) < 4.78 is 17.4. The number of benzene rings is 1. The topological polar surface area (TPSA) is 88.6 Å². The molecule has 0 spiro atoms. The lowest BCUT2D eigenvalue weighted by Gasteiger charge is -2.19. The summed E-state index contributed by atoms with van der Waals surface area (Å²) in [6.45, 7) is 5.47. The second-order valence-corrected chi connectivity index (χ2v) is 7.38. The van der Waals surface area contributed by atoms with Gasteiger partial charge in [-0.2, -0.15) is 9.78 Å². The van der Waals surface area contributed by atoms with Crippen LogP contribution in [0.4, 0.5) is 10.5 Å². The van der Waals surface area contributed by atoms with Crippen LogP contribution in [-0.4, -0.2) is 35.7 Å². The normalized spacial score (nSPS) is 14.2. The van der Waals surface area contributed by atoms with Crippen LogP contribution in [0.5, 0.6) is 11.5 Å². The molecule has 3 rings (SSSR count). The van der Waals surface area contributed by atoms with Gasteiger partial charge in [0, 0.05) is 11.5 Å². The minimum Gasteiger partial charge on any atom is -0.493 e. The van der Waals surface area contributed by atoms with Crippen LogP contribution in [0.3, 0.4) is 0 Å². The molecule has 0 bridgehead atoms. The van der Waals surface area contributed by atoms with Gasteiger partial charge in [0.2, 0.25) is 0 Å². The van der Waals surface area contributed by atoms with Crippen LogP contribution in [0, 0.1) is 0 Å². The zero-order valence-corrected chi connectivity index (χ0v) is 15.8. The molecule has 1 aliphatic rings. The second-order valence-electron chi connectivity index (χ2n) is 7.38. The maximum Gasteiger partial charge on any atom is 0.435 e. The van der Waals surface area contributed by atoms with Crippen LogP contribution in [0.2, 0.25) is 0 Å². The van der Waals surface area contributed by atoms with Crippen molar-refractivity contribution >= 4 is 11.8 Å². The van der Waals surface area contributed by atoms with Gasteiger partial charge in [0.05, 0.1) is 25.6 Å². The van der Waals surface area contributed by atoms with E-state index in [1.165, 1.54) is 4.68 Å². The summed E-state index contributed by atoms with van der Waals surface area (Å²) in [7, 11) is 3.15. The highest BCUT2D eigenvalue weighted by atomic mass is 16.6. The molecule has 7 nitrogen and oxygen atoms in total. The fraction of sp³-hybridized carbons (Fsp3) is 0.474. The molecule has 1 saturated carbocycles. The van der Waals surface area contributed by atoms with Gasteiger partial charge in [0.25, 0.3) is 0 Å². The number of methoxy groups -OCH3 is 2. The molecule has 7 heteroatoms. The van der Waals surface area contributed by atoms with Gasteiger partial charge in [-0.05, 0) is 51.8 Å². The van der Waals surface area contributed by atoms with Crippen LogP contribution in [0.1, 0.15) is 45.2 Å². The summed E-state index contributed by atoms with van der Waals surface area (Å²) in [6.07, 6.45) is 1.46. The molecular formula is C19H25N3O4. The standard InChI is InChI=1S/C19H25N3O4/c1-19(2,3)26-18(23)22-17(11-6-7-11)15(20)16(21-22)12-8-9-13(24-4)14(10-12)25-5/h8-11H,6-7,20H2,1-5H3. The first-order chi connectivity index (χ1) is 12.2. The first-order valence-electron chi connectivity index (χ1n) is 8.59. The number of anilines is 1. The van der Waals surface area contributed by atoms with E-state index in [2.05, 4.69) is 5.10 Å². The number of aromatic nitrogens is 2. The first kappa shape index (κ1) is 18.1. The number of nitrogen functional groups attached to an aromatic ring is 1. The molecule has 0 aliphatic heterocycles. The molecule has 2 aromatic rings. The van der Waals surface area contributed by atoms with Crippen molar-refractivity contribution in [2.24, 2.45) is 0 Å². The number of hydrogen-bond acceptors (Lipinski definition) is 6. The van der Waals surface area contributed by atoms with E-state index in [1.54, 1.807) is 26.4 Å². The number of nitrogens with zero attached hydrogens (tertiary/aromatic N) is 2. The lowest BCUT2D eigenvalue weighted by Crippen LogP contribution is -2.28.